The molecule has 0 aliphatic carbocycles. The average molecular weight is 473 g/mol. The highest BCUT2D eigenvalue weighted by molar-refractivity contribution is 14.0. The summed E-state index contributed by atoms with van der Waals surface area (Å²) in [4.78, 5) is 4.88. The van der Waals surface area contributed by atoms with Crippen molar-refractivity contribution in [2.45, 2.75) is 59.6 Å². The van der Waals surface area contributed by atoms with Crippen LogP contribution in [0.1, 0.15) is 59.1 Å². The van der Waals surface area contributed by atoms with Gasteiger partial charge in [0.05, 0.1) is 12.1 Å². The molecular formula is C21H36IN3O. The van der Waals surface area contributed by atoms with Crippen molar-refractivity contribution in [3.8, 4) is 0 Å². The SMILES string of the molecule is CCNC(=NCC1CCCOC1C(C)(C)C)NC(C)c1ccccc1.I. The van der Waals surface area contributed by atoms with Gasteiger partial charge in [-0.1, -0.05) is 51.1 Å². The molecule has 1 saturated heterocycles. The molecule has 0 spiro atoms. The second kappa shape index (κ2) is 11.1. The summed E-state index contributed by atoms with van der Waals surface area (Å²) in [5, 5.41) is 6.90. The topological polar surface area (TPSA) is 45.7 Å². The zero-order valence-corrected chi connectivity index (χ0v) is 19.2. The minimum atomic E-state index is 0. The van der Waals surface area contributed by atoms with E-state index >= 15 is 0 Å². The number of nitrogens with zero attached hydrogens (tertiary/aromatic N) is 1. The summed E-state index contributed by atoms with van der Waals surface area (Å²) >= 11 is 0. The van der Waals surface area contributed by atoms with Crippen molar-refractivity contribution in [2.24, 2.45) is 16.3 Å². The van der Waals surface area contributed by atoms with Gasteiger partial charge in [0.1, 0.15) is 0 Å². The molecule has 1 aromatic carbocycles. The number of hydrogen-bond donors (Lipinski definition) is 2. The van der Waals surface area contributed by atoms with Crippen molar-refractivity contribution in [3.05, 3.63) is 35.9 Å². The molecule has 0 radical (unpaired) electrons. The van der Waals surface area contributed by atoms with Crippen LogP contribution in [0.4, 0.5) is 0 Å². The van der Waals surface area contributed by atoms with E-state index in [-0.39, 0.29) is 41.5 Å². The molecular weight excluding hydrogens is 437 g/mol. The van der Waals surface area contributed by atoms with Gasteiger partial charge in [-0.25, -0.2) is 0 Å². The van der Waals surface area contributed by atoms with Crippen LogP contribution in [0.2, 0.25) is 0 Å². The largest absolute Gasteiger partial charge is 0.377 e. The van der Waals surface area contributed by atoms with Gasteiger partial charge in [0.2, 0.25) is 0 Å². The molecule has 0 bridgehead atoms. The Labute approximate surface area is 176 Å². The third-order valence-corrected chi connectivity index (χ3v) is 4.78. The molecule has 4 nitrogen and oxygen atoms in total. The van der Waals surface area contributed by atoms with Crippen LogP contribution >= 0.6 is 24.0 Å². The molecule has 0 aromatic heterocycles. The second-order valence-corrected chi connectivity index (χ2v) is 8.06. The molecule has 2 rings (SSSR count). The van der Waals surface area contributed by atoms with Crippen LogP contribution in [0.25, 0.3) is 0 Å². The number of nitrogens with one attached hydrogen (secondary N) is 2. The Morgan fingerprint density at radius 3 is 2.58 bits per heavy atom. The Hall–Kier alpha value is -0.820. The minimum absolute atomic E-state index is 0. The van der Waals surface area contributed by atoms with Crippen LogP contribution in [0.15, 0.2) is 35.3 Å². The number of rotatable bonds is 5. The molecule has 1 aliphatic rings. The monoisotopic (exact) mass is 473 g/mol. The van der Waals surface area contributed by atoms with Crippen molar-refractivity contribution in [1.29, 1.82) is 0 Å². The van der Waals surface area contributed by atoms with Gasteiger partial charge in [0, 0.05) is 25.6 Å². The number of halogens is 1. The van der Waals surface area contributed by atoms with E-state index in [2.05, 4.69) is 69.5 Å². The molecule has 5 heteroatoms. The summed E-state index contributed by atoms with van der Waals surface area (Å²) in [6.45, 7) is 13.6. The fourth-order valence-corrected chi connectivity index (χ4v) is 3.55. The fraction of sp³-hybridized carbons (Fsp3) is 0.667. The van der Waals surface area contributed by atoms with Crippen LogP contribution in [-0.4, -0.2) is 31.8 Å². The van der Waals surface area contributed by atoms with E-state index in [4.69, 9.17) is 9.73 Å². The number of guanidine groups is 1. The highest BCUT2D eigenvalue weighted by Crippen LogP contribution is 2.34. The molecule has 1 aliphatic heterocycles. The van der Waals surface area contributed by atoms with E-state index in [1.165, 1.54) is 12.0 Å². The van der Waals surface area contributed by atoms with E-state index in [1.54, 1.807) is 0 Å². The van der Waals surface area contributed by atoms with E-state index in [0.717, 1.165) is 32.1 Å². The van der Waals surface area contributed by atoms with Gasteiger partial charge in [0.15, 0.2) is 5.96 Å². The van der Waals surface area contributed by atoms with E-state index < -0.39 is 0 Å². The molecule has 1 aromatic rings. The number of benzene rings is 1. The first-order chi connectivity index (χ1) is 11.9. The molecule has 0 amide bonds. The zero-order valence-electron chi connectivity index (χ0n) is 16.9. The van der Waals surface area contributed by atoms with Gasteiger partial charge in [-0.3, -0.25) is 4.99 Å². The van der Waals surface area contributed by atoms with Crippen LogP contribution in [0, 0.1) is 11.3 Å². The lowest BCUT2D eigenvalue weighted by molar-refractivity contribution is -0.0823. The van der Waals surface area contributed by atoms with E-state index in [1.807, 2.05) is 6.07 Å². The standard InChI is InChI=1S/C21H35N3O.HI/c1-6-22-20(24-16(2)17-11-8-7-9-12-17)23-15-18-13-10-14-25-19(18)21(3,4)5;/h7-9,11-12,16,18-19H,6,10,13-15H2,1-5H3,(H2,22,23,24);1H. The highest BCUT2D eigenvalue weighted by Gasteiger charge is 2.35. The van der Waals surface area contributed by atoms with Crippen molar-refractivity contribution >= 4 is 29.9 Å². The maximum atomic E-state index is 6.09. The highest BCUT2D eigenvalue weighted by atomic mass is 127. The second-order valence-electron chi connectivity index (χ2n) is 8.06. The van der Waals surface area contributed by atoms with Crippen LogP contribution in [-0.2, 0) is 4.74 Å². The van der Waals surface area contributed by atoms with Crippen LogP contribution < -0.4 is 10.6 Å². The average Bonchev–Trinajstić information content (AvgIpc) is 2.60. The number of aliphatic imine (C=N–C) groups is 1. The number of hydrogen-bond acceptors (Lipinski definition) is 2. The Balaban J connectivity index is 0.00000338. The van der Waals surface area contributed by atoms with Crippen molar-refractivity contribution < 1.29 is 4.74 Å². The maximum Gasteiger partial charge on any atom is 0.191 e. The van der Waals surface area contributed by atoms with Gasteiger partial charge in [-0.15, -0.1) is 24.0 Å². The van der Waals surface area contributed by atoms with E-state index in [0.29, 0.717) is 5.92 Å². The van der Waals surface area contributed by atoms with Gasteiger partial charge in [0.25, 0.3) is 0 Å². The van der Waals surface area contributed by atoms with Crippen molar-refractivity contribution in [1.82, 2.24) is 10.6 Å². The van der Waals surface area contributed by atoms with Crippen LogP contribution in [0.3, 0.4) is 0 Å². The van der Waals surface area contributed by atoms with Gasteiger partial charge >= 0.3 is 0 Å². The molecule has 26 heavy (non-hydrogen) atoms. The smallest absolute Gasteiger partial charge is 0.191 e. The minimum Gasteiger partial charge on any atom is -0.377 e. The normalized spacial score (nSPS) is 22.3. The quantitative estimate of drug-likeness (QED) is 0.368. The molecule has 1 fully saturated rings. The fourth-order valence-electron chi connectivity index (χ4n) is 3.55. The molecule has 1 heterocycles. The predicted octanol–water partition coefficient (Wildman–Crippen LogP) is 4.76. The lowest BCUT2D eigenvalue weighted by Gasteiger charge is -2.39. The van der Waals surface area contributed by atoms with Gasteiger partial charge in [-0.2, -0.15) is 0 Å². The summed E-state index contributed by atoms with van der Waals surface area (Å²) in [6, 6.07) is 10.7. The van der Waals surface area contributed by atoms with Crippen molar-refractivity contribution in [3.63, 3.8) is 0 Å². The summed E-state index contributed by atoms with van der Waals surface area (Å²) in [5.74, 6) is 1.37. The Kier molecular flexibility index (Phi) is 9.93. The maximum absolute atomic E-state index is 6.09. The molecule has 3 atom stereocenters. The van der Waals surface area contributed by atoms with Gasteiger partial charge in [-0.05, 0) is 37.7 Å². The Bertz CT molecular complexity index is 542. The van der Waals surface area contributed by atoms with E-state index in [9.17, 15) is 0 Å². The summed E-state index contributed by atoms with van der Waals surface area (Å²) in [6.07, 6.45) is 2.61. The molecule has 2 N–H and O–H groups in total. The predicted molar refractivity (Wildman–Crippen MR) is 121 cm³/mol. The third-order valence-electron chi connectivity index (χ3n) is 4.78. The third kappa shape index (κ3) is 7.06. The summed E-state index contributed by atoms with van der Waals surface area (Å²) in [7, 11) is 0. The lowest BCUT2D eigenvalue weighted by atomic mass is 9.78. The first kappa shape index (κ1) is 23.2. The molecule has 0 saturated carbocycles. The lowest BCUT2D eigenvalue weighted by Crippen LogP contribution is -2.43. The van der Waals surface area contributed by atoms with Crippen LogP contribution in [0.5, 0.6) is 0 Å². The molecule has 3 unspecified atom stereocenters. The number of ether oxygens (including phenoxy) is 1. The molecule has 148 valence electrons. The summed E-state index contributed by atoms with van der Waals surface area (Å²) < 4.78 is 6.09. The first-order valence-corrected chi connectivity index (χ1v) is 9.63. The Morgan fingerprint density at radius 2 is 1.96 bits per heavy atom. The first-order valence-electron chi connectivity index (χ1n) is 9.63. The Morgan fingerprint density at radius 1 is 1.27 bits per heavy atom. The van der Waals surface area contributed by atoms with Crippen molar-refractivity contribution in [2.75, 3.05) is 19.7 Å². The van der Waals surface area contributed by atoms with Gasteiger partial charge < -0.3 is 15.4 Å². The summed E-state index contributed by atoms with van der Waals surface area (Å²) in [5.41, 5.74) is 1.42. The zero-order chi connectivity index (χ0) is 18.3.